The number of nitrogens with zero attached hydrogens (tertiary/aromatic N) is 4. The highest BCUT2D eigenvalue weighted by Gasteiger charge is 2.08. The third-order valence-electron chi connectivity index (χ3n) is 3.50. The van der Waals surface area contributed by atoms with Crippen LogP contribution in [0, 0.1) is 5.82 Å². The van der Waals surface area contributed by atoms with Crippen LogP contribution in [-0.2, 0) is 12.2 Å². The van der Waals surface area contributed by atoms with Crippen LogP contribution in [0.2, 0.25) is 0 Å². The molecule has 126 valence electrons. The van der Waals surface area contributed by atoms with Crippen LogP contribution in [0.3, 0.4) is 0 Å². The van der Waals surface area contributed by atoms with Gasteiger partial charge in [0.05, 0.1) is 11.4 Å². The van der Waals surface area contributed by atoms with Crippen molar-refractivity contribution in [2.24, 2.45) is 0 Å². The Morgan fingerprint density at radius 3 is 3.00 bits per heavy atom. The molecular formula is C17H14FN5S2. The largest absolute Gasteiger partial charge is 0.262 e. The Labute approximate surface area is 151 Å². The van der Waals surface area contributed by atoms with Crippen LogP contribution in [0.5, 0.6) is 0 Å². The molecule has 0 amide bonds. The van der Waals surface area contributed by atoms with E-state index in [1.807, 2.05) is 24.4 Å². The number of benzene rings is 1. The molecule has 0 unspecified atom stereocenters. The van der Waals surface area contributed by atoms with E-state index in [-0.39, 0.29) is 5.82 Å². The molecule has 4 aromatic rings. The van der Waals surface area contributed by atoms with E-state index in [0.29, 0.717) is 16.6 Å². The number of aromatic nitrogens is 5. The first kappa shape index (κ1) is 16.0. The second-order valence-electron chi connectivity index (χ2n) is 5.34. The Morgan fingerprint density at radius 1 is 1.20 bits per heavy atom. The van der Waals surface area contributed by atoms with Gasteiger partial charge in [-0.2, -0.15) is 5.10 Å². The number of H-pyrrole nitrogens is 1. The number of hydrogen-bond acceptors (Lipinski definition) is 5. The molecule has 25 heavy (non-hydrogen) atoms. The highest BCUT2D eigenvalue weighted by molar-refractivity contribution is 7.98. The third kappa shape index (κ3) is 3.97. The minimum absolute atomic E-state index is 0.275. The molecule has 8 heteroatoms. The maximum absolute atomic E-state index is 13.3. The predicted octanol–water partition coefficient (Wildman–Crippen LogP) is 4.07. The summed E-state index contributed by atoms with van der Waals surface area (Å²) in [6, 6.07) is 12.4. The average Bonchev–Trinajstić information content (AvgIpc) is 3.36. The van der Waals surface area contributed by atoms with E-state index >= 15 is 0 Å². The first-order valence-corrected chi connectivity index (χ1v) is 9.50. The molecule has 1 N–H and O–H groups in total. The molecular weight excluding hydrogens is 357 g/mol. The van der Waals surface area contributed by atoms with E-state index in [2.05, 4.69) is 31.7 Å². The van der Waals surface area contributed by atoms with Gasteiger partial charge in [0, 0.05) is 23.2 Å². The molecule has 0 aliphatic carbocycles. The molecule has 0 atom stereocenters. The van der Waals surface area contributed by atoms with Crippen LogP contribution in [0.1, 0.15) is 16.4 Å². The van der Waals surface area contributed by atoms with Crippen LogP contribution in [0.15, 0.2) is 59.2 Å². The Morgan fingerprint density at radius 2 is 2.16 bits per heavy atom. The van der Waals surface area contributed by atoms with Crippen molar-refractivity contribution in [3.63, 3.8) is 0 Å². The first-order chi connectivity index (χ1) is 12.3. The van der Waals surface area contributed by atoms with Crippen molar-refractivity contribution < 1.29 is 4.39 Å². The number of rotatable bonds is 6. The minimum atomic E-state index is -0.275. The van der Waals surface area contributed by atoms with E-state index < -0.39 is 0 Å². The Hall–Kier alpha value is -2.45. The predicted molar refractivity (Wildman–Crippen MR) is 96.6 cm³/mol. The molecule has 0 saturated carbocycles. The second-order valence-corrected chi connectivity index (χ2v) is 7.32. The summed E-state index contributed by atoms with van der Waals surface area (Å²) in [6.45, 7) is 0. The molecule has 3 heterocycles. The van der Waals surface area contributed by atoms with Gasteiger partial charge in [-0.25, -0.2) is 14.1 Å². The first-order valence-electron chi connectivity index (χ1n) is 7.63. The zero-order valence-corrected chi connectivity index (χ0v) is 14.7. The van der Waals surface area contributed by atoms with Gasteiger partial charge in [0.1, 0.15) is 11.6 Å². The summed E-state index contributed by atoms with van der Waals surface area (Å²) >= 11 is 3.22. The zero-order valence-electron chi connectivity index (χ0n) is 13.1. The van der Waals surface area contributed by atoms with Crippen molar-refractivity contribution in [1.29, 1.82) is 0 Å². The molecule has 1 aromatic carbocycles. The number of thioether (sulfide) groups is 1. The molecule has 0 radical (unpaired) electrons. The fourth-order valence-electron chi connectivity index (χ4n) is 2.34. The van der Waals surface area contributed by atoms with Crippen molar-refractivity contribution in [3.8, 4) is 5.69 Å². The van der Waals surface area contributed by atoms with E-state index in [1.165, 1.54) is 28.8 Å². The number of hydrogen-bond donors (Lipinski definition) is 1. The van der Waals surface area contributed by atoms with Crippen LogP contribution >= 0.6 is 23.1 Å². The lowest BCUT2D eigenvalue weighted by molar-refractivity contribution is 0.625. The van der Waals surface area contributed by atoms with Gasteiger partial charge in [0.15, 0.2) is 0 Å². The van der Waals surface area contributed by atoms with Gasteiger partial charge in [-0.15, -0.1) is 16.4 Å². The highest BCUT2D eigenvalue weighted by atomic mass is 32.2. The third-order valence-corrected chi connectivity index (χ3v) is 5.26. The summed E-state index contributed by atoms with van der Waals surface area (Å²) in [4.78, 5) is 5.75. The van der Waals surface area contributed by atoms with Gasteiger partial charge in [-0.1, -0.05) is 23.9 Å². The fraction of sp³-hybridized carbons (Fsp3) is 0.118. The van der Waals surface area contributed by atoms with Crippen LogP contribution in [-0.4, -0.2) is 25.0 Å². The molecule has 0 aliphatic heterocycles. The van der Waals surface area contributed by atoms with Crippen molar-refractivity contribution in [1.82, 2.24) is 25.0 Å². The fourth-order valence-corrected chi connectivity index (χ4v) is 3.76. The van der Waals surface area contributed by atoms with E-state index in [4.69, 9.17) is 0 Å². The van der Waals surface area contributed by atoms with Gasteiger partial charge >= 0.3 is 0 Å². The Balaban J connectivity index is 1.38. The monoisotopic (exact) mass is 371 g/mol. The maximum Gasteiger partial charge on any atom is 0.208 e. The summed E-state index contributed by atoms with van der Waals surface area (Å²) in [6.07, 6.45) is 2.59. The number of halogens is 1. The van der Waals surface area contributed by atoms with E-state index in [1.54, 1.807) is 22.1 Å². The van der Waals surface area contributed by atoms with Gasteiger partial charge in [-0.05, 0) is 35.7 Å². The summed E-state index contributed by atoms with van der Waals surface area (Å²) in [5.41, 5.74) is 1.59. The molecule has 0 bridgehead atoms. The normalized spacial score (nSPS) is 11.1. The Kier molecular flexibility index (Phi) is 4.62. The van der Waals surface area contributed by atoms with Crippen LogP contribution in [0.4, 0.5) is 4.39 Å². The standard InChI is InChI=1S/C17H14FN5S2/c18-12-3-1-4-14(9-12)23-7-6-13(22-23)11-25-17-19-16(20-21-17)10-15-5-2-8-24-15/h1-9H,10-11H2,(H,19,20,21). The average molecular weight is 371 g/mol. The molecule has 0 saturated heterocycles. The topological polar surface area (TPSA) is 59.4 Å². The smallest absolute Gasteiger partial charge is 0.208 e. The SMILES string of the molecule is Fc1cccc(-n2ccc(CSc3n[nH]c(Cc4cccs4)n3)n2)c1. The van der Waals surface area contributed by atoms with Gasteiger partial charge in [0.2, 0.25) is 5.16 Å². The zero-order chi connectivity index (χ0) is 17.1. The van der Waals surface area contributed by atoms with Gasteiger partial charge < -0.3 is 0 Å². The highest BCUT2D eigenvalue weighted by Crippen LogP contribution is 2.20. The molecule has 3 aromatic heterocycles. The van der Waals surface area contributed by atoms with Crippen molar-refractivity contribution in [3.05, 3.63) is 76.3 Å². The minimum Gasteiger partial charge on any atom is -0.262 e. The van der Waals surface area contributed by atoms with Crippen LogP contribution in [0.25, 0.3) is 5.69 Å². The quantitative estimate of drug-likeness (QED) is 0.519. The Bertz CT molecular complexity index is 961. The number of nitrogens with one attached hydrogen (secondary N) is 1. The van der Waals surface area contributed by atoms with E-state index in [0.717, 1.165) is 17.9 Å². The maximum atomic E-state index is 13.3. The summed E-state index contributed by atoms with van der Waals surface area (Å²) in [5, 5.41) is 14.4. The van der Waals surface area contributed by atoms with Crippen molar-refractivity contribution >= 4 is 23.1 Å². The number of aromatic amines is 1. The molecule has 0 aliphatic rings. The van der Waals surface area contributed by atoms with Gasteiger partial charge in [-0.3, -0.25) is 5.10 Å². The molecule has 5 nitrogen and oxygen atoms in total. The van der Waals surface area contributed by atoms with Crippen molar-refractivity contribution in [2.75, 3.05) is 0 Å². The second kappa shape index (κ2) is 7.20. The molecule has 4 rings (SSSR count). The molecule has 0 fully saturated rings. The summed E-state index contributed by atoms with van der Waals surface area (Å²) < 4.78 is 15.0. The summed E-state index contributed by atoms with van der Waals surface area (Å²) in [5.74, 6) is 1.23. The number of thiophene rings is 1. The lowest BCUT2D eigenvalue weighted by atomic mass is 10.3. The molecule has 0 spiro atoms. The van der Waals surface area contributed by atoms with Gasteiger partial charge in [0.25, 0.3) is 0 Å². The van der Waals surface area contributed by atoms with Crippen LogP contribution < -0.4 is 0 Å². The lowest BCUT2D eigenvalue weighted by Crippen LogP contribution is -1.96. The van der Waals surface area contributed by atoms with E-state index in [9.17, 15) is 4.39 Å². The van der Waals surface area contributed by atoms with Crippen molar-refractivity contribution in [2.45, 2.75) is 17.3 Å². The lowest BCUT2D eigenvalue weighted by Gasteiger charge is -2.00. The summed E-state index contributed by atoms with van der Waals surface area (Å²) in [7, 11) is 0.